The number of thioether (sulfide) groups is 1. The van der Waals surface area contributed by atoms with Crippen molar-refractivity contribution in [2.24, 2.45) is 0 Å². The Bertz CT molecular complexity index is 534. The van der Waals surface area contributed by atoms with Crippen LogP contribution in [0.3, 0.4) is 0 Å². The fraction of sp³-hybridized carbons (Fsp3) is 0.714. The molecule has 8 heteroatoms. The zero-order valence-electron chi connectivity index (χ0n) is 12.7. The number of nitrogens with zero attached hydrogens (tertiary/aromatic N) is 3. The number of rotatable bonds is 8. The fourth-order valence-corrected chi connectivity index (χ4v) is 3.96. The van der Waals surface area contributed by atoms with E-state index in [-0.39, 0.29) is 11.7 Å². The molecule has 2 rings (SSSR count). The van der Waals surface area contributed by atoms with Gasteiger partial charge in [0.25, 0.3) is 0 Å². The smallest absolute Gasteiger partial charge is 0.231 e. The van der Waals surface area contributed by atoms with E-state index in [0.29, 0.717) is 0 Å². The van der Waals surface area contributed by atoms with Crippen LogP contribution in [0.2, 0.25) is 0 Å². The summed E-state index contributed by atoms with van der Waals surface area (Å²) in [6.07, 6.45) is 5.75. The van der Waals surface area contributed by atoms with Crippen molar-refractivity contribution in [3.05, 3.63) is 0 Å². The van der Waals surface area contributed by atoms with Gasteiger partial charge in [-0.1, -0.05) is 36.4 Å². The minimum atomic E-state index is -0.647. The van der Waals surface area contributed by atoms with E-state index in [1.807, 2.05) is 0 Å². The van der Waals surface area contributed by atoms with Gasteiger partial charge in [0.05, 0.1) is 11.8 Å². The van der Waals surface area contributed by atoms with E-state index in [2.05, 4.69) is 33.8 Å². The van der Waals surface area contributed by atoms with Gasteiger partial charge in [-0.2, -0.15) is 5.26 Å². The van der Waals surface area contributed by atoms with Gasteiger partial charge in [-0.3, -0.25) is 4.79 Å². The number of anilines is 1. The molecule has 1 aliphatic carbocycles. The Morgan fingerprint density at radius 1 is 1.45 bits per heavy atom. The Hall–Kier alpha value is -1.33. The molecule has 1 aromatic heterocycles. The van der Waals surface area contributed by atoms with Gasteiger partial charge < -0.3 is 10.6 Å². The lowest BCUT2D eigenvalue weighted by molar-refractivity contribution is -0.119. The zero-order valence-corrected chi connectivity index (χ0v) is 14.4. The Morgan fingerprint density at radius 2 is 2.23 bits per heavy atom. The van der Waals surface area contributed by atoms with Crippen molar-refractivity contribution in [3.8, 4) is 6.07 Å². The summed E-state index contributed by atoms with van der Waals surface area (Å²) in [6.45, 7) is 3.03. The van der Waals surface area contributed by atoms with E-state index in [9.17, 15) is 10.1 Å². The quantitative estimate of drug-likeness (QED) is 0.559. The molecule has 0 unspecified atom stereocenters. The van der Waals surface area contributed by atoms with E-state index in [1.165, 1.54) is 23.1 Å². The summed E-state index contributed by atoms with van der Waals surface area (Å²) in [4.78, 5) is 12.0. The molecule has 1 heterocycles. The minimum Gasteiger partial charge on any atom is -0.360 e. The van der Waals surface area contributed by atoms with Crippen molar-refractivity contribution < 1.29 is 4.79 Å². The topological polar surface area (TPSA) is 90.7 Å². The van der Waals surface area contributed by atoms with Crippen molar-refractivity contribution >= 4 is 34.1 Å². The molecule has 0 spiro atoms. The first kappa shape index (κ1) is 17.0. The van der Waals surface area contributed by atoms with Crippen LogP contribution >= 0.6 is 23.1 Å². The molecule has 22 heavy (non-hydrogen) atoms. The largest absolute Gasteiger partial charge is 0.360 e. The molecule has 0 radical (unpaired) electrons. The molecule has 0 aromatic carbocycles. The van der Waals surface area contributed by atoms with Crippen molar-refractivity contribution in [2.75, 3.05) is 17.6 Å². The highest BCUT2D eigenvalue weighted by atomic mass is 32.2. The first-order chi connectivity index (χ1) is 10.7. The second-order valence-corrected chi connectivity index (χ2v) is 7.59. The lowest BCUT2D eigenvalue weighted by Gasteiger charge is -2.21. The summed E-state index contributed by atoms with van der Waals surface area (Å²) in [5, 5.41) is 24.3. The van der Waals surface area contributed by atoms with E-state index in [1.54, 1.807) is 0 Å². The summed E-state index contributed by atoms with van der Waals surface area (Å²) >= 11 is 2.82. The lowest BCUT2D eigenvalue weighted by atomic mass is 10.0. The second-order valence-electron chi connectivity index (χ2n) is 5.39. The first-order valence-corrected chi connectivity index (χ1v) is 9.40. The Balaban J connectivity index is 1.75. The molecule has 0 atom stereocenters. The SMILES string of the molecule is CCCCNc1nnc(SCC(=O)NC2(C#N)CCCC2)s1. The molecule has 1 amide bonds. The molecule has 120 valence electrons. The summed E-state index contributed by atoms with van der Waals surface area (Å²) in [6, 6.07) is 2.26. The number of hydrogen-bond donors (Lipinski definition) is 2. The Kier molecular flexibility index (Phi) is 6.46. The molecule has 2 N–H and O–H groups in total. The number of amides is 1. The predicted molar refractivity (Wildman–Crippen MR) is 89.0 cm³/mol. The van der Waals surface area contributed by atoms with E-state index >= 15 is 0 Å². The average Bonchev–Trinajstić information content (AvgIpc) is 3.15. The molecule has 6 nitrogen and oxygen atoms in total. The Labute approximate surface area is 139 Å². The van der Waals surface area contributed by atoms with Crippen LogP contribution in [0.5, 0.6) is 0 Å². The first-order valence-electron chi connectivity index (χ1n) is 7.60. The summed E-state index contributed by atoms with van der Waals surface area (Å²) < 4.78 is 0.770. The summed E-state index contributed by atoms with van der Waals surface area (Å²) in [5.41, 5.74) is -0.647. The third-order valence-electron chi connectivity index (χ3n) is 3.59. The van der Waals surface area contributed by atoms with Crippen LogP contribution < -0.4 is 10.6 Å². The maximum atomic E-state index is 12.0. The van der Waals surface area contributed by atoms with Crippen LogP contribution in [0.4, 0.5) is 5.13 Å². The lowest BCUT2D eigenvalue weighted by Crippen LogP contribution is -2.45. The molecule has 1 saturated carbocycles. The minimum absolute atomic E-state index is 0.107. The molecule has 0 bridgehead atoms. The zero-order chi connectivity index (χ0) is 15.8. The van der Waals surface area contributed by atoms with Crippen molar-refractivity contribution in [3.63, 3.8) is 0 Å². The second kappa shape index (κ2) is 8.34. The molecule has 0 saturated heterocycles. The molecular formula is C14H21N5OS2. The van der Waals surface area contributed by atoms with Gasteiger partial charge in [0.15, 0.2) is 4.34 Å². The van der Waals surface area contributed by atoms with Crippen LogP contribution in [-0.4, -0.2) is 33.9 Å². The molecular weight excluding hydrogens is 318 g/mol. The van der Waals surface area contributed by atoms with E-state index in [4.69, 9.17) is 0 Å². The van der Waals surface area contributed by atoms with Crippen LogP contribution in [0.25, 0.3) is 0 Å². The highest BCUT2D eigenvalue weighted by molar-refractivity contribution is 8.01. The van der Waals surface area contributed by atoms with Gasteiger partial charge in [-0.25, -0.2) is 0 Å². The van der Waals surface area contributed by atoms with E-state index < -0.39 is 5.54 Å². The van der Waals surface area contributed by atoms with Gasteiger partial charge in [-0.15, -0.1) is 10.2 Å². The molecule has 1 fully saturated rings. The highest BCUT2D eigenvalue weighted by Crippen LogP contribution is 2.30. The number of carbonyl (C=O) groups is 1. The van der Waals surface area contributed by atoms with Gasteiger partial charge in [0, 0.05) is 6.54 Å². The maximum absolute atomic E-state index is 12.0. The van der Waals surface area contributed by atoms with Crippen LogP contribution in [-0.2, 0) is 4.79 Å². The normalized spacial score (nSPS) is 16.2. The van der Waals surface area contributed by atoms with Crippen molar-refractivity contribution in [1.29, 1.82) is 5.26 Å². The van der Waals surface area contributed by atoms with Crippen LogP contribution in [0, 0.1) is 11.3 Å². The maximum Gasteiger partial charge on any atom is 0.231 e. The highest BCUT2D eigenvalue weighted by Gasteiger charge is 2.35. The van der Waals surface area contributed by atoms with Gasteiger partial charge in [-0.05, 0) is 32.1 Å². The third-order valence-corrected chi connectivity index (χ3v) is 5.60. The van der Waals surface area contributed by atoms with E-state index in [0.717, 1.165) is 54.5 Å². The fourth-order valence-electron chi connectivity index (χ4n) is 2.39. The molecule has 1 aliphatic rings. The van der Waals surface area contributed by atoms with Crippen LogP contribution in [0.1, 0.15) is 45.4 Å². The standard InChI is InChI=1S/C14H21N5OS2/c1-2-3-8-16-12-18-19-13(22-12)21-9-11(20)17-14(10-15)6-4-5-7-14/h2-9H2,1H3,(H,16,18)(H,17,20). The van der Waals surface area contributed by atoms with Gasteiger partial charge in [0.1, 0.15) is 5.54 Å². The van der Waals surface area contributed by atoms with Crippen LogP contribution in [0.15, 0.2) is 4.34 Å². The third kappa shape index (κ3) is 4.85. The van der Waals surface area contributed by atoms with Gasteiger partial charge >= 0.3 is 0 Å². The predicted octanol–water partition coefficient (Wildman–Crippen LogP) is 2.79. The number of aromatic nitrogens is 2. The number of unbranched alkanes of at least 4 members (excludes halogenated alkanes) is 1. The molecule has 0 aliphatic heterocycles. The Morgan fingerprint density at radius 3 is 2.91 bits per heavy atom. The number of carbonyl (C=O) groups excluding carboxylic acids is 1. The summed E-state index contributed by atoms with van der Waals surface area (Å²) in [7, 11) is 0. The molecule has 1 aromatic rings. The number of nitriles is 1. The van der Waals surface area contributed by atoms with Crippen molar-refractivity contribution in [1.82, 2.24) is 15.5 Å². The number of nitrogens with one attached hydrogen (secondary N) is 2. The summed E-state index contributed by atoms with van der Waals surface area (Å²) in [5.74, 6) is 0.164. The monoisotopic (exact) mass is 339 g/mol. The average molecular weight is 339 g/mol. The number of hydrogen-bond acceptors (Lipinski definition) is 7. The van der Waals surface area contributed by atoms with Gasteiger partial charge in [0.2, 0.25) is 11.0 Å². The van der Waals surface area contributed by atoms with Crippen molar-refractivity contribution in [2.45, 2.75) is 55.3 Å².